The van der Waals surface area contributed by atoms with Gasteiger partial charge in [0.1, 0.15) is 17.5 Å². The highest BCUT2D eigenvalue weighted by molar-refractivity contribution is 5.98. The number of carbonyl (C=O) groups excluding carboxylic acids is 1. The number of nitrogens with zero attached hydrogens (tertiary/aromatic N) is 2. The highest BCUT2D eigenvalue weighted by Crippen LogP contribution is 2.25. The summed E-state index contributed by atoms with van der Waals surface area (Å²) in [5.41, 5.74) is 1.60. The molecule has 0 bridgehead atoms. The summed E-state index contributed by atoms with van der Waals surface area (Å²) in [7, 11) is 0. The van der Waals surface area contributed by atoms with Crippen molar-refractivity contribution in [2.45, 2.75) is 25.9 Å². The molecule has 6 nitrogen and oxygen atoms in total. The smallest absolute Gasteiger partial charge is 0.270 e. The second-order valence-corrected chi connectivity index (χ2v) is 7.17. The van der Waals surface area contributed by atoms with Crippen LogP contribution in [-0.2, 0) is 4.74 Å². The number of aromatic nitrogens is 1. The number of carbonyl (C=O) groups is 1. The molecule has 2 aliphatic rings. The van der Waals surface area contributed by atoms with Crippen LogP contribution in [0, 0.1) is 0 Å². The molecule has 4 rings (SSSR count). The van der Waals surface area contributed by atoms with E-state index >= 15 is 0 Å². The third-order valence-electron chi connectivity index (χ3n) is 5.19. The van der Waals surface area contributed by atoms with Crippen LogP contribution >= 0.6 is 0 Å². The van der Waals surface area contributed by atoms with E-state index in [2.05, 4.69) is 16.8 Å². The van der Waals surface area contributed by atoms with Crippen molar-refractivity contribution >= 4 is 16.8 Å². The van der Waals surface area contributed by atoms with E-state index < -0.39 is 0 Å². The van der Waals surface area contributed by atoms with Gasteiger partial charge in [0.15, 0.2) is 0 Å². The fourth-order valence-corrected chi connectivity index (χ4v) is 3.84. The number of amides is 1. The standard InChI is InChI=1S/C20H27N3O3/c1-2-6-22-7-5-17(14-22)26-16-3-4-18-15(12-16)13-19(21-18)20(24)23-8-10-25-11-9-23/h3-4,12-13,17,21H,2,5-11,14H2,1H3/t17-/m0/s1. The molecule has 1 atom stereocenters. The first kappa shape index (κ1) is 17.4. The molecular weight excluding hydrogens is 330 g/mol. The second kappa shape index (κ2) is 7.68. The van der Waals surface area contributed by atoms with Gasteiger partial charge in [0.2, 0.25) is 0 Å². The highest BCUT2D eigenvalue weighted by atomic mass is 16.5. The minimum absolute atomic E-state index is 0.0398. The Labute approximate surface area is 154 Å². The van der Waals surface area contributed by atoms with Gasteiger partial charge in [-0.1, -0.05) is 6.92 Å². The highest BCUT2D eigenvalue weighted by Gasteiger charge is 2.24. The minimum Gasteiger partial charge on any atom is -0.489 e. The van der Waals surface area contributed by atoms with Gasteiger partial charge in [-0.2, -0.15) is 0 Å². The van der Waals surface area contributed by atoms with Gasteiger partial charge in [0, 0.05) is 37.1 Å². The van der Waals surface area contributed by atoms with E-state index in [1.165, 1.54) is 6.42 Å². The Hall–Kier alpha value is -2.05. The molecule has 2 aliphatic heterocycles. The number of aromatic amines is 1. The predicted molar refractivity (Wildman–Crippen MR) is 101 cm³/mol. The first-order valence-electron chi connectivity index (χ1n) is 9.62. The van der Waals surface area contributed by atoms with Crippen LogP contribution in [0.3, 0.4) is 0 Å². The number of nitrogens with one attached hydrogen (secondary N) is 1. The largest absolute Gasteiger partial charge is 0.489 e. The zero-order valence-corrected chi connectivity index (χ0v) is 15.4. The van der Waals surface area contributed by atoms with Gasteiger partial charge in [-0.15, -0.1) is 0 Å². The Morgan fingerprint density at radius 2 is 2.12 bits per heavy atom. The van der Waals surface area contributed by atoms with Gasteiger partial charge in [-0.3, -0.25) is 9.69 Å². The molecule has 0 spiro atoms. The lowest BCUT2D eigenvalue weighted by molar-refractivity contribution is 0.0299. The summed E-state index contributed by atoms with van der Waals surface area (Å²) in [6.07, 6.45) is 2.51. The van der Waals surface area contributed by atoms with Gasteiger partial charge in [-0.05, 0) is 43.7 Å². The number of morpholine rings is 1. The monoisotopic (exact) mass is 357 g/mol. The van der Waals surface area contributed by atoms with E-state index in [1.54, 1.807) is 0 Å². The van der Waals surface area contributed by atoms with Gasteiger partial charge in [0.25, 0.3) is 5.91 Å². The minimum atomic E-state index is 0.0398. The molecule has 1 N–H and O–H groups in total. The summed E-state index contributed by atoms with van der Waals surface area (Å²) in [5, 5.41) is 1.02. The number of hydrogen-bond donors (Lipinski definition) is 1. The quantitative estimate of drug-likeness (QED) is 0.893. The number of benzene rings is 1. The molecule has 6 heteroatoms. The van der Waals surface area contributed by atoms with Crippen molar-refractivity contribution in [1.29, 1.82) is 0 Å². The maximum atomic E-state index is 12.6. The zero-order valence-electron chi connectivity index (χ0n) is 15.4. The first-order chi connectivity index (χ1) is 12.7. The second-order valence-electron chi connectivity index (χ2n) is 7.17. The van der Waals surface area contributed by atoms with Crippen LogP contribution in [-0.4, -0.2) is 72.7 Å². The number of hydrogen-bond acceptors (Lipinski definition) is 4. The van der Waals surface area contributed by atoms with Gasteiger partial charge in [0.05, 0.1) is 13.2 Å². The zero-order chi connectivity index (χ0) is 17.9. The van der Waals surface area contributed by atoms with Crippen molar-refractivity contribution in [2.24, 2.45) is 0 Å². The summed E-state index contributed by atoms with van der Waals surface area (Å²) in [5.74, 6) is 0.920. The molecule has 0 radical (unpaired) electrons. The van der Waals surface area contributed by atoms with Crippen LogP contribution < -0.4 is 4.74 Å². The summed E-state index contributed by atoms with van der Waals surface area (Å²) < 4.78 is 11.5. The lowest BCUT2D eigenvalue weighted by Gasteiger charge is -2.26. The number of rotatable bonds is 5. The van der Waals surface area contributed by atoms with Crippen LogP contribution in [0.25, 0.3) is 10.9 Å². The first-order valence-corrected chi connectivity index (χ1v) is 9.62. The molecule has 0 unspecified atom stereocenters. The third kappa shape index (κ3) is 3.71. The molecule has 0 saturated carbocycles. The van der Waals surface area contributed by atoms with Crippen molar-refractivity contribution in [3.8, 4) is 5.75 Å². The van der Waals surface area contributed by atoms with E-state index in [0.717, 1.165) is 42.7 Å². The summed E-state index contributed by atoms with van der Waals surface area (Å²) in [6.45, 7) is 7.99. The van der Waals surface area contributed by atoms with E-state index in [0.29, 0.717) is 32.0 Å². The van der Waals surface area contributed by atoms with E-state index in [-0.39, 0.29) is 12.0 Å². The predicted octanol–water partition coefficient (Wildman–Crippen LogP) is 2.50. The SMILES string of the molecule is CCCN1CC[C@H](Oc2ccc3[nH]c(C(=O)N4CCOCC4)cc3c2)C1. The number of likely N-dealkylation sites (tertiary alicyclic amines) is 1. The van der Waals surface area contributed by atoms with Crippen molar-refractivity contribution < 1.29 is 14.3 Å². The van der Waals surface area contributed by atoms with Crippen LogP contribution in [0.1, 0.15) is 30.3 Å². The Morgan fingerprint density at radius 1 is 1.27 bits per heavy atom. The molecule has 26 heavy (non-hydrogen) atoms. The van der Waals surface area contributed by atoms with Gasteiger partial charge >= 0.3 is 0 Å². The normalized spacial score (nSPS) is 21.4. The lowest BCUT2D eigenvalue weighted by atomic mass is 10.2. The topological polar surface area (TPSA) is 57.8 Å². The summed E-state index contributed by atoms with van der Waals surface area (Å²) in [6, 6.07) is 7.95. The van der Waals surface area contributed by atoms with Crippen LogP contribution in [0.5, 0.6) is 5.75 Å². The Balaban J connectivity index is 1.45. The van der Waals surface area contributed by atoms with Crippen LogP contribution in [0.4, 0.5) is 0 Å². The molecule has 140 valence electrons. The summed E-state index contributed by atoms with van der Waals surface area (Å²) in [4.78, 5) is 20.2. The average Bonchev–Trinajstić information content (AvgIpc) is 3.28. The van der Waals surface area contributed by atoms with E-state index in [4.69, 9.17) is 9.47 Å². The van der Waals surface area contributed by atoms with Crippen LogP contribution in [0.2, 0.25) is 0 Å². The van der Waals surface area contributed by atoms with Crippen molar-refractivity contribution in [1.82, 2.24) is 14.8 Å². The van der Waals surface area contributed by atoms with Crippen molar-refractivity contribution in [2.75, 3.05) is 45.9 Å². The molecule has 2 fully saturated rings. The maximum absolute atomic E-state index is 12.6. The molecule has 1 aromatic carbocycles. The van der Waals surface area contributed by atoms with Crippen molar-refractivity contribution in [3.05, 3.63) is 30.0 Å². The third-order valence-corrected chi connectivity index (χ3v) is 5.19. The van der Waals surface area contributed by atoms with Crippen LogP contribution in [0.15, 0.2) is 24.3 Å². The Kier molecular flexibility index (Phi) is 5.13. The average molecular weight is 357 g/mol. The maximum Gasteiger partial charge on any atom is 0.270 e. The Morgan fingerprint density at radius 3 is 2.92 bits per heavy atom. The van der Waals surface area contributed by atoms with Gasteiger partial charge < -0.3 is 19.4 Å². The van der Waals surface area contributed by atoms with Gasteiger partial charge in [-0.25, -0.2) is 0 Å². The number of ether oxygens (including phenoxy) is 2. The van der Waals surface area contributed by atoms with E-state index in [1.807, 2.05) is 29.2 Å². The number of fused-ring (bicyclic) bond motifs is 1. The fourth-order valence-electron chi connectivity index (χ4n) is 3.84. The number of H-pyrrole nitrogens is 1. The lowest BCUT2D eigenvalue weighted by Crippen LogP contribution is -2.40. The molecule has 1 aromatic heterocycles. The molecular formula is C20H27N3O3. The summed E-state index contributed by atoms with van der Waals surface area (Å²) >= 11 is 0. The molecule has 2 saturated heterocycles. The van der Waals surface area contributed by atoms with Crippen molar-refractivity contribution in [3.63, 3.8) is 0 Å². The molecule has 3 heterocycles. The Bertz CT molecular complexity index is 767. The molecule has 1 amide bonds. The molecule has 2 aromatic rings. The van der Waals surface area contributed by atoms with E-state index in [9.17, 15) is 4.79 Å². The fraction of sp³-hybridized carbons (Fsp3) is 0.550. The molecule has 0 aliphatic carbocycles.